The number of likely N-dealkylation sites (N-methyl/N-ethyl adjacent to an activating group) is 1. The Morgan fingerprint density at radius 2 is 1.92 bits per heavy atom. The van der Waals surface area contributed by atoms with Crippen LogP contribution >= 0.6 is 0 Å². The highest BCUT2D eigenvalue weighted by Gasteiger charge is 2.29. The van der Waals surface area contributed by atoms with Crippen molar-refractivity contribution in [2.75, 3.05) is 26.7 Å². The Morgan fingerprint density at radius 3 is 2.54 bits per heavy atom. The number of amides is 1. The molecule has 0 saturated carbocycles. The van der Waals surface area contributed by atoms with Gasteiger partial charge in [0, 0.05) is 20.1 Å². The van der Waals surface area contributed by atoms with Gasteiger partial charge >= 0.3 is 5.97 Å². The van der Waals surface area contributed by atoms with Gasteiger partial charge in [-0.25, -0.2) is 17.6 Å². The van der Waals surface area contributed by atoms with Crippen LogP contribution < -0.4 is 5.32 Å². The Morgan fingerprint density at radius 1 is 1.25 bits per heavy atom. The molecule has 0 aliphatic carbocycles. The Bertz CT molecular complexity index is 729. The quantitative estimate of drug-likeness (QED) is 0.790. The van der Waals surface area contributed by atoms with Crippen molar-refractivity contribution in [2.24, 2.45) is 0 Å². The summed E-state index contributed by atoms with van der Waals surface area (Å²) in [6, 6.07) is 2.98. The molecule has 1 fully saturated rings. The number of halogens is 1. The van der Waals surface area contributed by atoms with Crippen molar-refractivity contribution in [1.29, 1.82) is 0 Å². The van der Waals surface area contributed by atoms with E-state index >= 15 is 0 Å². The third kappa shape index (κ3) is 4.09. The molecule has 1 aromatic rings. The van der Waals surface area contributed by atoms with Crippen LogP contribution in [0.2, 0.25) is 0 Å². The smallest absolute Gasteiger partial charge is 0.338 e. The normalized spacial score (nSPS) is 15.8. The maximum absolute atomic E-state index is 14.0. The summed E-state index contributed by atoms with van der Waals surface area (Å²) in [5.41, 5.74) is -0.129. The van der Waals surface area contributed by atoms with Crippen LogP contribution in [0.25, 0.3) is 0 Å². The lowest BCUT2D eigenvalue weighted by Gasteiger charge is -2.26. The van der Waals surface area contributed by atoms with Crippen molar-refractivity contribution < 1.29 is 27.1 Å². The average molecular weight is 358 g/mol. The van der Waals surface area contributed by atoms with Gasteiger partial charge in [0.05, 0.1) is 5.56 Å². The molecule has 0 bridgehead atoms. The molecule has 2 rings (SSSR count). The van der Waals surface area contributed by atoms with Gasteiger partial charge < -0.3 is 10.1 Å². The van der Waals surface area contributed by atoms with E-state index in [0.717, 1.165) is 24.6 Å². The van der Waals surface area contributed by atoms with E-state index in [-0.39, 0.29) is 5.56 Å². The third-order valence-corrected chi connectivity index (χ3v) is 5.63. The number of benzene rings is 1. The van der Waals surface area contributed by atoms with Crippen LogP contribution in [-0.2, 0) is 19.6 Å². The van der Waals surface area contributed by atoms with Crippen LogP contribution in [0.1, 0.15) is 29.6 Å². The summed E-state index contributed by atoms with van der Waals surface area (Å²) in [5.74, 6) is -2.33. The average Bonchev–Trinajstić information content (AvgIpc) is 2.60. The first-order valence-corrected chi connectivity index (χ1v) is 8.97. The number of hydrogen-bond donors (Lipinski definition) is 1. The molecule has 7 nitrogen and oxygen atoms in total. The topological polar surface area (TPSA) is 92.8 Å². The maximum atomic E-state index is 14.0. The second-order valence-electron chi connectivity index (χ2n) is 5.36. The molecule has 132 valence electrons. The first-order chi connectivity index (χ1) is 11.4. The van der Waals surface area contributed by atoms with Gasteiger partial charge in [-0.15, -0.1) is 0 Å². The second-order valence-corrected chi connectivity index (χ2v) is 7.27. The number of piperidine rings is 1. The third-order valence-electron chi connectivity index (χ3n) is 3.71. The Kier molecular flexibility index (Phi) is 5.89. The van der Waals surface area contributed by atoms with Crippen molar-refractivity contribution in [3.8, 4) is 0 Å². The van der Waals surface area contributed by atoms with Crippen molar-refractivity contribution in [3.05, 3.63) is 29.6 Å². The van der Waals surface area contributed by atoms with E-state index in [9.17, 15) is 22.4 Å². The minimum Gasteiger partial charge on any atom is -0.452 e. The van der Waals surface area contributed by atoms with E-state index in [1.165, 1.54) is 11.4 Å². The summed E-state index contributed by atoms with van der Waals surface area (Å²) in [4.78, 5) is 22.4. The monoisotopic (exact) mass is 358 g/mol. The second kappa shape index (κ2) is 7.71. The van der Waals surface area contributed by atoms with Gasteiger partial charge in [0.25, 0.3) is 5.91 Å². The molecular formula is C15H19FN2O5S. The van der Waals surface area contributed by atoms with Crippen molar-refractivity contribution in [1.82, 2.24) is 9.62 Å². The number of hydrogen-bond acceptors (Lipinski definition) is 5. The van der Waals surface area contributed by atoms with Crippen LogP contribution in [0.4, 0.5) is 4.39 Å². The number of sulfonamides is 1. The molecule has 0 radical (unpaired) electrons. The highest BCUT2D eigenvalue weighted by Crippen LogP contribution is 2.24. The predicted molar refractivity (Wildman–Crippen MR) is 83.4 cm³/mol. The fourth-order valence-corrected chi connectivity index (χ4v) is 3.97. The maximum Gasteiger partial charge on any atom is 0.338 e. The Hall–Kier alpha value is -2.00. The van der Waals surface area contributed by atoms with Gasteiger partial charge in [-0.1, -0.05) is 6.42 Å². The summed E-state index contributed by atoms with van der Waals surface area (Å²) in [7, 11) is -2.63. The van der Waals surface area contributed by atoms with Gasteiger partial charge in [0.15, 0.2) is 6.61 Å². The van der Waals surface area contributed by atoms with E-state index in [1.54, 1.807) is 0 Å². The van der Waals surface area contributed by atoms with Gasteiger partial charge in [-0.3, -0.25) is 4.79 Å². The molecule has 1 aliphatic heterocycles. The number of rotatable bonds is 5. The van der Waals surface area contributed by atoms with Gasteiger partial charge in [0.1, 0.15) is 10.7 Å². The standard InChI is InChI=1S/C15H19FN2O5S/c1-17-14(19)10-23-15(20)11-5-6-12(16)13(9-11)24(21,22)18-7-3-2-4-8-18/h5-6,9H,2-4,7-8,10H2,1H3,(H,17,19). The molecule has 1 aliphatic rings. The van der Waals surface area contributed by atoms with Crippen molar-refractivity contribution >= 4 is 21.9 Å². The number of carbonyl (C=O) groups excluding carboxylic acids is 2. The van der Waals surface area contributed by atoms with E-state index < -0.39 is 39.2 Å². The molecule has 0 aromatic heterocycles. The van der Waals surface area contributed by atoms with Gasteiger partial charge in [-0.05, 0) is 31.0 Å². The molecule has 1 aromatic carbocycles. The van der Waals surface area contributed by atoms with Crippen LogP contribution in [0.5, 0.6) is 0 Å². The number of carbonyl (C=O) groups is 2. The number of nitrogens with zero attached hydrogens (tertiary/aromatic N) is 1. The van der Waals surface area contributed by atoms with Crippen LogP contribution in [0.3, 0.4) is 0 Å². The molecule has 9 heteroatoms. The summed E-state index contributed by atoms with van der Waals surface area (Å²) in [5, 5.41) is 2.28. The molecule has 0 spiro atoms. The number of esters is 1. The lowest BCUT2D eigenvalue weighted by Crippen LogP contribution is -2.36. The summed E-state index contributed by atoms with van der Waals surface area (Å²) in [6.07, 6.45) is 2.36. The highest BCUT2D eigenvalue weighted by atomic mass is 32.2. The zero-order valence-corrected chi connectivity index (χ0v) is 14.1. The predicted octanol–water partition coefficient (Wildman–Crippen LogP) is 0.903. The summed E-state index contributed by atoms with van der Waals surface area (Å²) < 4.78 is 45.1. The molecule has 1 amide bonds. The first kappa shape index (κ1) is 18.3. The lowest BCUT2D eigenvalue weighted by molar-refractivity contribution is -0.123. The number of nitrogens with one attached hydrogen (secondary N) is 1. The summed E-state index contributed by atoms with van der Waals surface area (Å²) in [6.45, 7) is 0.154. The van der Waals surface area contributed by atoms with Gasteiger partial charge in [0.2, 0.25) is 10.0 Å². The lowest BCUT2D eigenvalue weighted by atomic mass is 10.2. The van der Waals surface area contributed by atoms with E-state index in [4.69, 9.17) is 4.74 Å². The fraction of sp³-hybridized carbons (Fsp3) is 0.467. The highest BCUT2D eigenvalue weighted by molar-refractivity contribution is 7.89. The van der Waals surface area contributed by atoms with Crippen LogP contribution in [0.15, 0.2) is 23.1 Å². The van der Waals surface area contributed by atoms with E-state index in [2.05, 4.69) is 5.32 Å². The molecule has 1 N–H and O–H groups in total. The summed E-state index contributed by atoms with van der Waals surface area (Å²) >= 11 is 0. The van der Waals surface area contributed by atoms with E-state index in [1.807, 2.05) is 0 Å². The SMILES string of the molecule is CNC(=O)COC(=O)c1ccc(F)c(S(=O)(=O)N2CCCCC2)c1. The zero-order chi connectivity index (χ0) is 17.7. The van der Waals surface area contributed by atoms with Gasteiger partial charge in [-0.2, -0.15) is 4.31 Å². The molecular weight excluding hydrogens is 339 g/mol. The molecule has 0 atom stereocenters. The molecule has 24 heavy (non-hydrogen) atoms. The zero-order valence-electron chi connectivity index (χ0n) is 13.2. The minimum absolute atomic E-state index is 0.129. The largest absolute Gasteiger partial charge is 0.452 e. The molecule has 1 heterocycles. The van der Waals surface area contributed by atoms with E-state index in [0.29, 0.717) is 25.9 Å². The van der Waals surface area contributed by atoms with Crippen molar-refractivity contribution in [3.63, 3.8) is 0 Å². The molecule has 0 unspecified atom stereocenters. The van der Waals surface area contributed by atoms with Crippen LogP contribution in [0, 0.1) is 5.82 Å². The van der Waals surface area contributed by atoms with Crippen molar-refractivity contribution in [2.45, 2.75) is 24.2 Å². The first-order valence-electron chi connectivity index (χ1n) is 7.53. The Labute approximate surface area is 139 Å². The minimum atomic E-state index is -4.01. The molecule has 1 saturated heterocycles. The Balaban J connectivity index is 2.24. The number of ether oxygens (including phenoxy) is 1. The van der Waals surface area contributed by atoms with Crippen LogP contribution in [-0.4, -0.2) is 51.3 Å². The fourth-order valence-electron chi connectivity index (χ4n) is 2.36.